The molecule has 12 rings (SSSR count). The Balaban J connectivity index is 0.000000160. The number of benzene rings is 4. The number of hydrogen-bond acceptors (Lipinski definition) is 18. The van der Waals surface area contributed by atoms with E-state index in [2.05, 4.69) is 25.8 Å². The zero-order chi connectivity index (χ0) is 74.2. The molecule has 0 fully saturated rings. The van der Waals surface area contributed by atoms with Crippen LogP contribution in [-0.4, -0.2) is 92.4 Å². The molecule has 530 valence electrons. The number of halogens is 3. The summed E-state index contributed by atoms with van der Waals surface area (Å²) in [5.74, 6) is -4.83. The fourth-order valence-electron chi connectivity index (χ4n) is 10.2. The Morgan fingerprint density at radius 2 is 1.09 bits per heavy atom. The molecule has 0 aliphatic carbocycles. The lowest BCUT2D eigenvalue weighted by Crippen LogP contribution is -2.15. The number of amides is 2. The molecule has 29 heteroatoms. The highest BCUT2D eigenvalue weighted by atomic mass is 32.1. The maximum atomic E-state index is 12.9. The van der Waals surface area contributed by atoms with Crippen LogP contribution in [0, 0.1) is 27.7 Å². The first kappa shape index (κ1) is 76.4. The van der Waals surface area contributed by atoms with Crippen molar-refractivity contribution in [3.63, 3.8) is 0 Å². The van der Waals surface area contributed by atoms with Crippen molar-refractivity contribution >= 4 is 125 Å². The highest BCUT2D eigenvalue weighted by Crippen LogP contribution is 2.41. The van der Waals surface area contributed by atoms with E-state index in [9.17, 15) is 72.0 Å². The number of carbonyl (C=O) groups excluding carboxylic acids is 4. The quantitative estimate of drug-likeness (QED) is 0.0344. The molecule has 103 heavy (non-hydrogen) atoms. The smallest absolute Gasteiger partial charge is 0.435 e. The lowest BCUT2D eigenvalue weighted by Gasteiger charge is -2.07. The third-order valence-corrected chi connectivity index (χ3v) is 21.0. The van der Waals surface area contributed by atoms with Gasteiger partial charge in [-0.3, -0.25) is 29.1 Å². The molecule has 20 nitrogen and oxygen atoms in total. The molecule has 4 aromatic carbocycles. The number of carboxylic acids is 4. The number of ketones is 2. The second-order valence-corrected chi connectivity index (χ2v) is 28.6. The van der Waals surface area contributed by atoms with Gasteiger partial charge >= 0.3 is 36.1 Å². The molecule has 0 aliphatic heterocycles. The molecule has 6 N–H and O–H groups in total. The van der Waals surface area contributed by atoms with Gasteiger partial charge in [0.1, 0.15) is 32.7 Å². The largest absolute Gasteiger partial charge is 0.478 e. The summed E-state index contributed by atoms with van der Waals surface area (Å²) in [6.07, 6.45) is -2.66. The van der Waals surface area contributed by atoms with Gasteiger partial charge in [-0.15, -0.1) is 68.0 Å². The maximum Gasteiger partial charge on any atom is 0.435 e. The van der Waals surface area contributed by atoms with E-state index < -0.39 is 41.8 Å². The highest BCUT2D eigenvalue weighted by Gasteiger charge is 2.36. The van der Waals surface area contributed by atoms with Gasteiger partial charge in [0, 0.05) is 125 Å². The zero-order valence-corrected chi connectivity index (χ0v) is 60.6. The summed E-state index contributed by atoms with van der Waals surface area (Å²) < 4.78 is 46.4. The summed E-state index contributed by atoms with van der Waals surface area (Å²) in [5.41, 5.74) is 7.32. The van der Waals surface area contributed by atoms with E-state index in [-0.39, 0.29) is 75.4 Å². The van der Waals surface area contributed by atoms with Crippen LogP contribution in [0.5, 0.6) is 0 Å². The Morgan fingerprint density at radius 3 is 1.59 bits per heavy atom. The van der Waals surface area contributed by atoms with Crippen molar-refractivity contribution in [3.8, 4) is 43.5 Å². The van der Waals surface area contributed by atoms with Gasteiger partial charge in [-0.1, -0.05) is 108 Å². The number of carboxylic acid groups (broad SMARTS) is 4. The molecule has 2 amide bonds. The summed E-state index contributed by atoms with van der Waals surface area (Å²) in [5, 5.41) is 60.7. The van der Waals surface area contributed by atoms with Gasteiger partial charge in [-0.2, -0.15) is 23.4 Å². The van der Waals surface area contributed by atoms with E-state index in [1.165, 1.54) is 57.8 Å². The number of thiazole rings is 1. The number of Topliss-reactive ketones (excluding diaryl/α,β-unsaturated/α-hetero) is 2. The van der Waals surface area contributed by atoms with Crippen molar-refractivity contribution in [3.05, 3.63) is 248 Å². The van der Waals surface area contributed by atoms with E-state index in [4.69, 9.17) is 4.74 Å². The average Bonchev–Trinajstić information content (AvgIpc) is 1.65. The van der Waals surface area contributed by atoms with E-state index >= 15 is 0 Å². The molecular weight excluding hydrogens is 1440 g/mol. The predicted molar refractivity (Wildman–Crippen MR) is 395 cm³/mol. The van der Waals surface area contributed by atoms with Gasteiger partial charge < -0.3 is 30.5 Å². The minimum atomic E-state index is -4.67. The van der Waals surface area contributed by atoms with Crippen LogP contribution in [0.2, 0.25) is 0 Å². The van der Waals surface area contributed by atoms with Gasteiger partial charge in [0.05, 0.1) is 22.5 Å². The van der Waals surface area contributed by atoms with Crippen LogP contribution in [0.3, 0.4) is 0 Å². The topological polar surface area (TPSA) is 299 Å². The van der Waals surface area contributed by atoms with Crippen molar-refractivity contribution in [1.29, 1.82) is 0 Å². The zero-order valence-electron chi connectivity index (χ0n) is 55.7. The maximum absolute atomic E-state index is 12.9. The Labute approximate surface area is 611 Å². The molecule has 8 heterocycles. The minimum Gasteiger partial charge on any atom is -0.478 e. The fraction of sp³-hybridized carbons (Fsp3) is 0.176. The monoisotopic (exact) mass is 1510 g/mol. The van der Waals surface area contributed by atoms with Crippen molar-refractivity contribution in [2.24, 2.45) is 7.05 Å². The Bertz CT molecular complexity index is 4910. The van der Waals surface area contributed by atoms with Crippen LogP contribution < -0.4 is 10.6 Å². The first-order valence-electron chi connectivity index (χ1n) is 31.2. The number of rotatable bonds is 22. The number of nitrogens with zero attached hydrogens (tertiary/aromatic N) is 5. The minimum absolute atomic E-state index is 0.00589. The summed E-state index contributed by atoms with van der Waals surface area (Å²) in [7, 11) is 1.27. The second-order valence-electron chi connectivity index (χ2n) is 22.8. The lowest BCUT2D eigenvalue weighted by atomic mass is 10.0. The Hall–Kier alpha value is -10.8. The summed E-state index contributed by atoms with van der Waals surface area (Å²) in [4.78, 5) is 104. The summed E-state index contributed by atoms with van der Waals surface area (Å²) >= 11 is 7.68. The first-order chi connectivity index (χ1) is 49.1. The van der Waals surface area contributed by atoms with Crippen molar-refractivity contribution < 1.29 is 76.7 Å². The molecule has 0 atom stereocenters. The van der Waals surface area contributed by atoms with Gasteiger partial charge in [0.15, 0.2) is 17.3 Å². The number of alkyl halides is 3. The number of aromatic carboxylic acids is 4. The van der Waals surface area contributed by atoms with Crippen molar-refractivity contribution in [2.75, 3.05) is 10.6 Å². The SMILES string of the molecule is CCn1ccc(-c2csc(NC(=O)CCc3ccccc3)c2C(=O)O)n1.Cc1cccc(C(=O)Cc2scc(-c3ccc(C)s3)c2C(=O)O)c1.Cc1cccc(C(=O)Cc2scc(-c3nc(C)cs3)c2C(=O)O)c1.Cn1nc(C(F)(F)F)cc1-c1csc(NC(=O)OCc2ccccc2)c1C(=O)O. The molecule has 0 unspecified atom stereocenters. The van der Waals surface area contributed by atoms with Gasteiger partial charge in [-0.25, -0.2) is 29.0 Å². The van der Waals surface area contributed by atoms with Crippen molar-refractivity contribution in [1.82, 2.24) is 24.5 Å². The van der Waals surface area contributed by atoms with Crippen LogP contribution in [0.25, 0.3) is 43.5 Å². The van der Waals surface area contributed by atoms with E-state index in [1.54, 1.807) is 81.5 Å². The number of nitrogens with one attached hydrogen (secondary N) is 2. The van der Waals surface area contributed by atoms with Crippen LogP contribution in [0.15, 0.2) is 167 Å². The predicted octanol–water partition coefficient (Wildman–Crippen LogP) is 18.3. The molecule has 0 saturated heterocycles. The second kappa shape index (κ2) is 34.7. The van der Waals surface area contributed by atoms with Crippen LogP contribution in [0.1, 0.15) is 124 Å². The van der Waals surface area contributed by atoms with Crippen molar-refractivity contribution in [2.45, 2.75) is 79.6 Å². The molecular formula is C74H64F3N7O13S6. The molecule has 0 radical (unpaired) electrons. The number of thiophene rings is 5. The molecule has 12 aromatic rings. The van der Waals surface area contributed by atoms with Gasteiger partial charge in [0.25, 0.3) is 0 Å². The van der Waals surface area contributed by atoms with E-state index in [1.807, 2.05) is 124 Å². The van der Waals surface area contributed by atoms with Crippen LogP contribution in [0.4, 0.5) is 28.0 Å². The summed E-state index contributed by atoms with van der Waals surface area (Å²) in [6, 6.07) is 39.7. The highest BCUT2D eigenvalue weighted by molar-refractivity contribution is 7.17. The average molecular weight is 1510 g/mol. The number of ether oxygens (including phenoxy) is 1. The molecule has 0 spiro atoms. The Morgan fingerprint density at radius 1 is 0.553 bits per heavy atom. The number of aromatic nitrogens is 5. The summed E-state index contributed by atoms with van der Waals surface area (Å²) in [6.45, 7) is 10.4. The number of carbonyl (C=O) groups is 8. The molecule has 0 saturated carbocycles. The number of hydrogen-bond donors (Lipinski definition) is 6. The van der Waals surface area contributed by atoms with Gasteiger partial charge in [0.2, 0.25) is 5.91 Å². The first-order valence-corrected chi connectivity index (χ1v) is 36.4. The van der Waals surface area contributed by atoms with E-state index in [0.717, 1.165) is 59.8 Å². The fourth-order valence-corrected chi connectivity index (χ4v) is 16.0. The lowest BCUT2D eigenvalue weighted by molar-refractivity contribution is -0.141. The van der Waals surface area contributed by atoms with Crippen LogP contribution >= 0.6 is 68.0 Å². The number of anilines is 2. The third-order valence-electron chi connectivity index (χ3n) is 15.2. The van der Waals surface area contributed by atoms with Crippen LogP contribution in [-0.2, 0) is 55.2 Å². The standard InChI is InChI=1S/C19H19N3O3S.C19H16O3S2.C18H14F3N3O4S.C18H15NO3S2/c1-2-22-11-10-15(21-22)14-12-26-18(17(14)19(24)25)20-16(23)9-8-13-6-4-3-5-7-13;1-11-4-3-5-13(8-11)15(20)9-17-18(19(21)22)14(10-23-17)16-7-6-12(2)24-16;1-24-12(7-13(23-24)18(19,20)21)11-9-29-15(14(11)16(25)26)22-17(27)28-8-10-5-3-2-4-6-10;1-10-4-3-5-12(6-10)14(20)7-15-16(18(21)22)13(9-23-15)17-19-11(2)8-24-17/h3-7,10-12H,2,8-9H2,1H3,(H,20,23)(H,24,25);3-8,10H,9H2,1-2H3,(H,21,22);2-7,9H,8H2,1H3,(H,22,27)(H,25,26);3-6,8-9H,7H2,1-2H3,(H,21,22). The normalized spacial score (nSPS) is 10.9. The molecule has 8 aromatic heterocycles. The Kier molecular flexibility index (Phi) is 25.7. The molecule has 0 bridgehead atoms. The third kappa shape index (κ3) is 20.0. The van der Waals surface area contributed by atoms with E-state index in [0.29, 0.717) is 72.7 Å². The van der Waals surface area contributed by atoms with Gasteiger partial charge in [-0.05, 0) is 88.6 Å². The molecule has 0 aliphatic rings. The number of aryl methyl sites for hydroxylation is 7.